The molecule has 1 N–H and O–H groups in total. The van der Waals surface area contributed by atoms with E-state index in [-0.39, 0.29) is 11.9 Å². The first-order valence-corrected chi connectivity index (χ1v) is 5.87. The van der Waals surface area contributed by atoms with Gasteiger partial charge in [-0.3, -0.25) is 4.79 Å². The molecule has 0 saturated heterocycles. The summed E-state index contributed by atoms with van der Waals surface area (Å²) in [5.41, 5.74) is 0. The van der Waals surface area contributed by atoms with E-state index in [0.717, 1.165) is 11.3 Å². The number of rotatable bonds is 4. The van der Waals surface area contributed by atoms with Crippen LogP contribution in [0.5, 0.6) is 0 Å². The number of thiophene rings is 1. The van der Waals surface area contributed by atoms with E-state index in [2.05, 4.69) is 26.1 Å². The average molecular weight is 211 g/mol. The molecule has 0 aliphatic heterocycles. The molecule has 0 aromatic carbocycles. The minimum atomic E-state index is 0.0561. The fourth-order valence-corrected chi connectivity index (χ4v) is 2.01. The zero-order valence-corrected chi connectivity index (χ0v) is 9.73. The van der Waals surface area contributed by atoms with Crippen LogP contribution in [0.1, 0.15) is 36.9 Å². The van der Waals surface area contributed by atoms with Gasteiger partial charge in [0.05, 0.1) is 4.88 Å². The normalized spacial score (nSPS) is 12.9. The summed E-state index contributed by atoms with van der Waals surface area (Å²) in [6, 6.07) is 4.03. The fraction of sp³-hybridized carbons (Fsp3) is 0.545. The first kappa shape index (κ1) is 11.2. The van der Waals surface area contributed by atoms with Gasteiger partial charge in [-0.05, 0) is 23.8 Å². The van der Waals surface area contributed by atoms with Gasteiger partial charge in [0.2, 0.25) is 0 Å². The standard InChI is InChI=1S/C11H17NOS/c1-4-9(8(2)3)12-11(13)10-6-5-7-14-10/h5-9H,4H2,1-3H3,(H,12,13). The van der Waals surface area contributed by atoms with Gasteiger partial charge in [0.15, 0.2) is 0 Å². The molecule has 1 rings (SSSR count). The molecule has 0 aliphatic carbocycles. The van der Waals surface area contributed by atoms with Crippen molar-refractivity contribution in [3.63, 3.8) is 0 Å². The van der Waals surface area contributed by atoms with Crippen LogP contribution in [-0.2, 0) is 0 Å². The van der Waals surface area contributed by atoms with Gasteiger partial charge in [-0.2, -0.15) is 0 Å². The quantitative estimate of drug-likeness (QED) is 0.815. The molecule has 1 aromatic rings. The molecule has 2 nitrogen and oxygen atoms in total. The molecule has 0 spiro atoms. The van der Waals surface area contributed by atoms with Crippen molar-refractivity contribution >= 4 is 17.2 Å². The topological polar surface area (TPSA) is 29.1 Å². The highest BCUT2D eigenvalue weighted by Gasteiger charge is 2.15. The largest absolute Gasteiger partial charge is 0.348 e. The highest BCUT2D eigenvalue weighted by molar-refractivity contribution is 7.12. The Morgan fingerprint density at radius 3 is 2.71 bits per heavy atom. The van der Waals surface area contributed by atoms with Gasteiger partial charge in [-0.1, -0.05) is 26.8 Å². The van der Waals surface area contributed by atoms with E-state index in [1.54, 1.807) is 0 Å². The lowest BCUT2D eigenvalue weighted by Crippen LogP contribution is -2.37. The van der Waals surface area contributed by atoms with Crippen LogP contribution in [0, 0.1) is 5.92 Å². The monoisotopic (exact) mass is 211 g/mol. The van der Waals surface area contributed by atoms with E-state index < -0.39 is 0 Å². The van der Waals surface area contributed by atoms with Crippen LogP contribution < -0.4 is 5.32 Å². The van der Waals surface area contributed by atoms with E-state index in [4.69, 9.17) is 0 Å². The number of hydrogen-bond acceptors (Lipinski definition) is 2. The SMILES string of the molecule is CCC(NC(=O)c1cccs1)C(C)C. The summed E-state index contributed by atoms with van der Waals surface area (Å²) in [5.74, 6) is 0.546. The van der Waals surface area contributed by atoms with Crippen LogP contribution in [0.2, 0.25) is 0 Å². The molecule has 78 valence electrons. The molecule has 0 saturated carbocycles. The Kier molecular flexibility index (Phi) is 4.14. The summed E-state index contributed by atoms with van der Waals surface area (Å²) in [6.07, 6.45) is 0.981. The Hall–Kier alpha value is -0.830. The molecule has 1 amide bonds. The van der Waals surface area contributed by atoms with Gasteiger partial charge in [0, 0.05) is 6.04 Å². The Balaban J connectivity index is 2.56. The van der Waals surface area contributed by atoms with Gasteiger partial charge in [-0.25, -0.2) is 0 Å². The van der Waals surface area contributed by atoms with E-state index in [0.29, 0.717) is 5.92 Å². The number of carbonyl (C=O) groups excluding carboxylic acids is 1. The van der Waals surface area contributed by atoms with Crippen LogP contribution in [0.4, 0.5) is 0 Å². The van der Waals surface area contributed by atoms with Crippen LogP contribution >= 0.6 is 11.3 Å². The lowest BCUT2D eigenvalue weighted by atomic mass is 10.0. The molecular formula is C11H17NOS. The van der Waals surface area contributed by atoms with E-state index in [1.807, 2.05) is 17.5 Å². The maximum Gasteiger partial charge on any atom is 0.261 e. The van der Waals surface area contributed by atoms with E-state index in [1.165, 1.54) is 11.3 Å². The lowest BCUT2D eigenvalue weighted by Gasteiger charge is -2.20. The number of hydrogen-bond donors (Lipinski definition) is 1. The van der Waals surface area contributed by atoms with Crippen molar-refractivity contribution in [3.05, 3.63) is 22.4 Å². The van der Waals surface area contributed by atoms with Crippen molar-refractivity contribution in [1.29, 1.82) is 0 Å². The maximum absolute atomic E-state index is 11.7. The summed E-state index contributed by atoms with van der Waals surface area (Å²) in [7, 11) is 0. The predicted octanol–water partition coefficient (Wildman–Crippen LogP) is 2.91. The van der Waals surface area contributed by atoms with Crippen molar-refractivity contribution in [2.75, 3.05) is 0 Å². The molecule has 1 unspecified atom stereocenters. The zero-order valence-electron chi connectivity index (χ0n) is 8.91. The summed E-state index contributed by atoms with van der Waals surface area (Å²) < 4.78 is 0. The minimum absolute atomic E-state index is 0.0561. The average Bonchev–Trinajstić information content (AvgIpc) is 2.65. The molecule has 1 aromatic heterocycles. The van der Waals surface area contributed by atoms with E-state index in [9.17, 15) is 4.79 Å². The third-order valence-corrected chi connectivity index (χ3v) is 3.17. The Bertz CT molecular complexity index is 279. The third kappa shape index (κ3) is 2.84. The summed E-state index contributed by atoms with van der Waals surface area (Å²) in [5, 5.41) is 4.96. The van der Waals surface area contributed by atoms with Crippen LogP contribution in [-0.4, -0.2) is 11.9 Å². The minimum Gasteiger partial charge on any atom is -0.348 e. The third-order valence-electron chi connectivity index (χ3n) is 2.31. The first-order chi connectivity index (χ1) is 6.65. The molecule has 14 heavy (non-hydrogen) atoms. The Labute approximate surface area is 89.3 Å². The fourth-order valence-electron chi connectivity index (χ4n) is 1.39. The molecule has 1 atom stereocenters. The molecule has 1 heterocycles. The number of nitrogens with one attached hydrogen (secondary N) is 1. The van der Waals surface area contributed by atoms with Gasteiger partial charge in [0.1, 0.15) is 0 Å². The highest BCUT2D eigenvalue weighted by atomic mass is 32.1. The molecular weight excluding hydrogens is 194 g/mol. The van der Waals surface area contributed by atoms with Gasteiger partial charge in [-0.15, -0.1) is 11.3 Å². The smallest absolute Gasteiger partial charge is 0.261 e. The number of amides is 1. The van der Waals surface area contributed by atoms with Gasteiger partial charge in [0.25, 0.3) is 5.91 Å². The van der Waals surface area contributed by atoms with Gasteiger partial charge < -0.3 is 5.32 Å². The molecule has 0 radical (unpaired) electrons. The van der Waals surface area contributed by atoms with Crippen LogP contribution in [0.15, 0.2) is 17.5 Å². The Morgan fingerprint density at radius 1 is 1.57 bits per heavy atom. The highest BCUT2D eigenvalue weighted by Crippen LogP contribution is 2.11. The second-order valence-electron chi connectivity index (χ2n) is 3.71. The maximum atomic E-state index is 11.7. The zero-order chi connectivity index (χ0) is 10.6. The summed E-state index contributed by atoms with van der Waals surface area (Å²) in [6.45, 7) is 6.35. The lowest BCUT2D eigenvalue weighted by molar-refractivity contribution is 0.0929. The molecule has 0 aliphatic rings. The summed E-state index contributed by atoms with van der Waals surface area (Å²) >= 11 is 1.48. The molecule has 3 heteroatoms. The Morgan fingerprint density at radius 2 is 2.29 bits per heavy atom. The van der Waals surface area contributed by atoms with E-state index >= 15 is 0 Å². The second kappa shape index (κ2) is 5.15. The first-order valence-electron chi connectivity index (χ1n) is 4.99. The van der Waals surface area contributed by atoms with Crippen molar-refractivity contribution < 1.29 is 4.79 Å². The number of carbonyl (C=O) groups is 1. The van der Waals surface area contributed by atoms with Crippen LogP contribution in [0.25, 0.3) is 0 Å². The van der Waals surface area contributed by atoms with Crippen molar-refractivity contribution in [2.45, 2.75) is 33.2 Å². The predicted molar refractivity (Wildman–Crippen MR) is 60.7 cm³/mol. The molecule has 0 bridgehead atoms. The van der Waals surface area contributed by atoms with Crippen LogP contribution in [0.3, 0.4) is 0 Å². The van der Waals surface area contributed by atoms with Crippen molar-refractivity contribution in [2.24, 2.45) is 5.92 Å². The van der Waals surface area contributed by atoms with Gasteiger partial charge >= 0.3 is 0 Å². The second-order valence-corrected chi connectivity index (χ2v) is 4.66. The molecule has 0 fully saturated rings. The van der Waals surface area contributed by atoms with Crippen molar-refractivity contribution in [1.82, 2.24) is 5.32 Å². The van der Waals surface area contributed by atoms with Crippen molar-refractivity contribution in [3.8, 4) is 0 Å². The summed E-state index contributed by atoms with van der Waals surface area (Å²) in [4.78, 5) is 12.5.